The van der Waals surface area contributed by atoms with E-state index >= 15 is 0 Å². The first kappa shape index (κ1) is 17.5. The van der Waals surface area contributed by atoms with E-state index in [4.69, 9.17) is 0 Å². The van der Waals surface area contributed by atoms with Crippen molar-refractivity contribution < 1.29 is 13.2 Å². The molecule has 5 nitrogen and oxygen atoms in total. The number of carbonyl (C=O) groups is 1. The highest BCUT2D eigenvalue weighted by Gasteiger charge is 2.28. The molecule has 2 aromatic carbocycles. The second kappa shape index (κ2) is 6.88. The highest BCUT2D eigenvalue weighted by atomic mass is 32.2. The normalized spacial score (nSPS) is 16.2. The summed E-state index contributed by atoms with van der Waals surface area (Å²) in [4.78, 5) is 12.5. The SMILES string of the molecule is CC(C)c1ccc(NC(=O)c2cccc(N3CCCS3(=O)=O)c2)cc1. The number of rotatable bonds is 4. The van der Waals surface area contributed by atoms with Crippen LogP contribution in [-0.4, -0.2) is 26.6 Å². The Hall–Kier alpha value is -2.34. The molecule has 0 unspecified atom stereocenters. The number of sulfonamides is 1. The van der Waals surface area contributed by atoms with Crippen LogP contribution in [0.15, 0.2) is 48.5 Å². The third-order valence-corrected chi connectivity index (χ3v) is 6.20. The van der Waals surface area contributed by atoms with Gasteiger partial charge in [-0.3, -0.25) is 9.10 Å². The van der Waals surface area contributed by atoms with E-state index in [1.807, 2.05) is 24.3 Å². The highest BCUT2D eigenvalue weighted by molar-refractivity contribution is 7.93. The lowest BCUT2D eigenvalue weighted by atomic mass is 10.0. The van der Waals surface area contributed by atoms with Gasteiger partial charge in [-0.05, 0) is 48.2 Å². The van der Waals surface area contributed by atoms with E-state index in [-0.39, 0.29) is 11.7 Å². The molecule has 0 aromatic heterocycles. The van der Waals surface area contributed by atoms with Gasteiger partial charge in [0.1, 0.15) is 0 Å². The van der Waals surface area contributed by atoms with Gasteiger partial charge < -0.3 is 5.32 Å². The van der Waals surface area contributed by atoms with E-state index < -0.39 is 10.0 Å². The lowest BCUT2D eigenvalue weighted by Crippen LogP contribution is -2.25. The second-order valence-corrected chi connectivity index (χ2v) is 8.54. The Labute approximate surface area is 148 Å². The lowest BCUT2D eigenvalue weighted by molar-refractivity contribution is 0.102. The molecule has 1 aliphatic rings. The minimum absolute atomic E-state index is 0.158. The molecule has 2 aromatic rings. The van der Waals surface area contributed by atoms with E-state index in [2.05, 4.69) is 19.2 Å². The molecule has 0 aliphatic carbocycles. The molecule has 3 rings (SSSR count). The maximum Gasteiger partial charge on any atom is 0.255 e. The molecule has 6 heteroatoms. The van der Waals surface area contributed by atoms with Gasteiger partial charge in [-0.15, -0.1) is 0 Å². The van der Waals surface area contributed by atoms with Gasteiger partial charge in [-0.2, -0.15) is 0 Å². The molecule has 1 amide bonds. The number of amides is 1. The number of benzene rings is 2. The van der Waals surface area contributed by atoms with Crippen LogP contribution in [-0.2, 0) is 10.0 Å². The van der Waals surface area contributed by atoms with Crippen molar-refractivity contribution >= 4 is 27.3 Å². The summed E-state index contributed by atoms with van der Waals surface area (Å²) in [6.07, 6.45) is 0.612. The molecule has 0 spiro atoms. The molecule has 1 fully saturated rings. The van der Waals surface area contributed by atoms with Gasteiger partial charge in [-0.1, -0.05) is 32.0 Å². The molecule has 0 saturated carbocycles. The minimum atomic E-state index is -3.25. The van der Waals surface area contributed by atoms with Crippen LogP contribution in [0.25, 0.3) is 0 Å². The van der Waals surface area contributed by atoms with Crippen molar-refractivity contribution in [3.8, 4) is 0 Å². The van der Waals surface area contributed by atoms with Crippen LogP contribution in [0.4, 0.5) is 11.4 Å². The molecule has 132 valence electrons. The third-order valence-electron chi connectivity index (χ3n) is 4.33. The fourth-order valence-electron chi connectivity index (χ4n) is 2.89. The average Bonchev–Trinajstić information content (AvgIpc) is 2.94. The Kier molecular flexibility index (Phi) is 4.81. The molecular weight excluding hydrogens is 336 g/mol. The van der Waals surface area contributed by atoms with Crippen molar-refractivity contribution in [1.29, 1.82) is 0 Å². The fraction of sp³-hybridized carbons (Fsp3) is 0.316. The number of hydrogen-bond donors (Lipinski definition) is 1. The maximum atomic E-state index is 12.5. The lowest BCUT2D eigenvalue weighted by Gasteiger charge is -2.17. The number of nitrogens with one attached hydrogen (secondary N) is 1. The Morgan fingerprint density at radius 2 is 1.84 bits per heavy atom. The van der Waals surface area contributed by atoms with Crippen molar-refractivity contribution in [3.05, 3.63) is 59.7 Å². The van der Waals surface area contributed by atoms with E-state index in [0.717, 1.165) is 0 Å². The molecule has 1 saturated heterocycles. The summed E-state index contributed by atoms with van der Waals surface area (Å²) in [6.45, 7) is 4.70. The molecule has 1 N–H and O–H groups in total. The van der Waals surface area contributed by atoms with Crippen LogP contribution in [0, 0.1) is 0 Å². The molecule has 0 atom stereocenters. The van der Waals surface area contributed by atoms with E-state index in [9.17, 15) is 13.2 Å². The zero-order chi connectivity index (χ0) is 18.0. The largest absolute Gasteiger partial charge is 0.322 e. The zero-order valence-electron chi connectivity index (χ0n) is 14.4. The maximum absolute atomic E-state index is 12.5. The fourth-order valence-corrected chi connectivity index (χ4v) is 4.44. The minimum Gasteiger partial charge on any atom is -0.322 e. The first-order valence-electron chi connectivity index (χ1n) is 8.38. The topological polar surface area (TPSA) is 66.5 Å². The van der Waals surface area contributed by atoms with Crippen molar-refractivity contribution in [1.82, 2.24) is 0 Å². The van der Waals surface area contributed by atoms with Gasteiger partial charge in [0, 0.05) is 17.8 Å². The van der Waals surface area contributed by atoms with Crippen molar-refractivity contribution in [3.63, 3.8) is 0 Å². The summed E-state index contributed by atoms with van der Waals surface area (Å²) in [5.41, 5.74) is 2.90. The summed E-state index contributed by atoms with van der Waals surface area (Å²) in [6, 6.07) is 14.5. The number of carbonyl (C=O) groups excluding carboxylic acids is 1. The van der Waals surface area contributed by atoms with Gasteiger partial charge in [-0.25, -0.2) is 8.42 Å². The van der Waals surface area contributed by atoms with E-state index in [0.29, 0.717) is 35.8 Å². The molecule has 1 heterocycles. The highest BCUT2D eigenvalue weighted by Crippen LogP contribution is 2.25. The summed E-state index contributed by atoms with van der Waals surface area (Å²) in [5.74, 6) is 0.339. The summed E-state index contributed by atoms with van der Waals surface area (Å²) in [7, 11) is -3.25. The monoisotopic (exact) mass is 358 g/mol. The molecule has 0 bridgehead atoms. The molecule has 0 radical (unpaired) electrons. The Balaban J connectivity index is 1.77. The second-order valence-electron chi connectivity index (χ2n) is 6.52. The average molecular weight is 358 g/mol. The smallest absolute Gasteiger partial charge is 0.255 e. The van der Waals surface area contributed by atoms with Crippen LogP contribution in [0.1, 0.15) is 42.1 Å². The first-order chi connectivity index (χ1) is 11.9. The van der Waals surface area contributed by atoms with Crippen molar-refractivity contribution in [2.45, 2.75) is 26.2 Å². The summed E-state index contributed by atoms with van der Waals surface area (Å²) >= 11 is 0. The van der Waals surface area contributed by atoms with Crippen LogP contribution >= 0.6 is 0 Å². The van der Waals surface area contributed by atoms with Crippen LogP contribution in [0.3, 0.4) is 0 Å². The predicted octanol–water partition coefficient (Wildman–Crippen LogP) is 3.60. The van der Waals surface area contributed by atoms with Crippen molar-refractivity contribution in [2.75, 3.05) is 21.9 Å². The van der Waals surface area contributed by atoms with Crippen LogP contribution in [0.5, 0.6) is 0 Å². The number of nitrogens with zero attached hydrogens (tertiary/aromatic N) is 1. The summed E-state index contributed by atoms with van der Waals surface area (Å²) in [5, 5.41) is 2.86. The number of hydrogen-bond acceptors (Lipinski definition) is 3. The van der Waals surface area contributed by atoms with Gasteiger partial charge in [0.15, 0.2) is 0 Å². The van der Waals surface area contributed by atoms with Crippen LogP contribution in [0.2, 0.25) is 0 Å². The van der Waals surface area contributed by atoms with Gasteiger partial charge >= 0.3 is 0 Å². The number of anilines is 2. The third kappa shape index (κ3) is 3.85. The van der Waals surface area contributed by atoms with Crippen LogP contribution < -0.4 is 9.62 Å². The molecule has 1 aliphatic heterocycles. The molecule has 25 heavy (non-hydrogen) atoms. The summed E-state index contributed by atoms with van der Waals surface area (Å²) < 4.78 is 25.5. The van der Waals surface area contributed by atoms with Gasteiger partial charge in [0.2, 0.25) is 10.0 Å². The predicted molar refractivity (Wildman–Crippen MR) is 101 cm³/mol. The van der Waals surface area contributed by atoms with E-state index in [1.54, 1.807) is 24.3 Å². The van der Waals surface area contributed by atoms with E-state index in [1.165, 1.54) is 9.87 Å². The first-order valence-corrected chi connectivity index (χ1v) is 9.99. The standard InChI is InChI=1S/C19H22N2O3S/c1-14(2)15-7-9-17(10-8-15)20-19(22)16-5-3-6-18(13-16)21-11-4-12-25(21,23)24/h3,5-10,13-14H,4,11-12H2,1-2H3,(H,20,22). The zero-order valence-corrected chi connectivity index (χ0v) is 15.2. The Morgan fingerprint density at radius 3 is 2.44 bits per heavy atom. The van der Waals surface area contributed by atoms with Crippen molar-refractivity contribution in [2.24, 2.45) is 0 Å². The van der Waals surface area contributed by atoms with Gasteiger partial charge in [0.05, 0.1) is 11.4 Å². The Morgan fingerprint density at radius 1 is 1.12 bits per heavy atom. The molecular formula is C19H22N2O3S. The Bertz CT molecular complexity index is 874. The quantitative estimate of drug-likeness (QED) is 0.908. The van der Waals surface area contributed by atoms with Gasteiger partial charge in [0.25, 0.3) is 5.91 Å².